The van der Waals surface area contributed by atoms with Crippen LogP contribution in [-0.2, 0) is 0 Å². The van der Waals surface area contributed by atoms with E-state index in [-0.39, 0.29) is 0 Å². The lowest BCUT2D eigenvalue weighted by molar-refractivity contribution is 0.190. The molecule has 0 spiro atoms. The summed E-state index contributed by atoms with van der Waals surface area (Å²) in [6.45, 7) is 5.53. The van der Waals surface area contributed by atoms with Crippen molar-refractivity contribution >= 4 is 11.5 Å². The minimum absolute atomic E-state index is 0.514. The maximum absolute atomic E-state index is 4.29. The van der Waals surface area contributed by atoms with Gasteiger partial charge in [0.15, 0.2) is 5.65 Å². The molecule has 5 heteroatoms. The molecule has 2 aromatic rings. The number of likely N-dealkylation sites (tertiary alicyclic amines) is 1. The Morgan fingerprint density at radius 2 is 2.21 bits per heavy atom. The van der Waals surface area contributed by atoms with Crippen molar-refractivity contribution in [2.75, 3.05) is 18.9 Å². The van der Waals surface area contributed by atoms with E-state index in [0.717, 1.165) is 18.0 Å². The highest BCUT2D eigenvalue weighted by Gasteiger charge is 2.23. The highest BCUT2D eigenvalue weighted by Crippen LogP contribution is 2.21. The number of nitrogens with one attached hydrogen (secondary N) is 1. The van der Waals surface area contributed by atoms with Crippen LogP contribution in [0.3, 0.4) is 0 Å². The zero-order valence-corrected chi connectivity index (χ0v) is 11.8. The lowest BCUT2D eigenvalue weighted by Crippen LogP contribution is -2.42. The molecule has 0 amide bonds. The number of rotatable bonds is 2. The summed E-state index contributed by atoms with van der Waals surface area (Å²) < 4.78 is 1.88. The van der Waals surface area contributed by atoms with Gasteiger partial charge in [0.25, 0.3) is 0 Å². The third-order valence-electron chi connectivity index (χ3n) is 4.08. The van der Waals surface area contributed by atoms with Gasteiger partial charge in [0.2, 0.25) is 0 Å². The quantitative estimate of drug-likeness (QED) is 0.895. The summed E-state index contributed by atoms with van der Waals surface area (Å²) >= 11 is 0. The number of piperidine rings is 1. The first-order valence-electron chi connectivity index (χ1n) is 6.90. The number of pyridine rings is 1. The molecule has 1 saturated heterocycles. The Hall–Kier alpha value is -1.62. The van der Waals surface area contributed by atoms with Crippen molar-refractivity contribution in [3.8, 4) is 0 Å². The Kier molecular flexibility index (Phi) is 3.14. The van der Waals surface area contributed by atoms with E-state index in [1.54, 1.807) is 6.33 Å². The first-order chi connectivity index (χ1) is 9.13. The van der Waals surface area contributed by atoms with Crippen LogP contribution >= 0.6 is 0 Å². The first kappa shape index (κ1) is 12.4. The lowest BCUT2D eigenvalue weighted by atomic mass is 9.99. The van der Waals surface area contributed by atoms with Gasteiger partial charge in [-0.2, -0.15) is 9.61 Å². The van der Waals surface area contributed by atoms with Crippen LogP contribution in [0.5, 0.6) is 0 Å². The molecule has 2 unspecified atom stereocenters. The van der Waals surface area contributed by atoms with E-state index in [1.165, 1.54) is 18.4 Å². The molecule has 1 aliphatic rings. The SMILES string of the molecule is Cc1cc(NC2CCN(C)C(C)C2)n2ncnc2c1. The maximum atomic E-state index is 4.29. The zero-order chi connectivity index (χ0) is 13.4. The molecule has 0 radical (unpaired) electrons. The average Bonchev–Trinajstić information content (AvgIpc) is 2.82. The second-order valence-corrected chi connectivity index (χ2v) is 5.64. The first-order valence-corrected chi connectivity index (χ1v) is 6.90. The van der Waals surface area contributed by atoms with Crippen LogP contribution in [-0.4, -0.2) is 45.2 Å². The Balaban J connectivity index is 1.83. The van der Waals surface area contributed by atoms with Crippen molar-refractivity contribution in [1.29, 1.82) is 0 Å². The average molecular weight is 259 g/mol. The van der Waals surface area contributed by atoms with Gasteiger partial charge in [0, 0.05) is 18.6 Å². The normalized spacial score (nSPS) is 24.8. The fourth-order valence-electron chi connectivity index (χ4n) is 2.79. The van der Waals surface area contributed by atoms with Crippen molar-refractivity contribution in [1.82, 2.24) is 19.5 Å². The number of fused-ring (bicyclic) bond motifs is 1. The van der Waals surface area contributed by atoms with Crippen LogP contribution in [0, 0.1) is 6.92 Å². The molecule has 1 fully saturated rings. The number of anilines is 1. The molecule has 1 aliphatic heterocycles. The van der Waals surface area contributed by atoms with Crippen LogP contribution in [0.2, 0.25) is 0 Å². The summed E-state index contributed by atoms with van der Waals surface area (Å²) in [6.07, 6.45) is 3.95. The fourth-order valence-corrected chi connectivity index (χ4v) is 2.79. The van der Waals surface area contributed by atoms with E-state index in [0.29, 0.717) is 12.1 Å². The van der Waals surface area contributed by atoms with E-state index in [4.69, 9.17) is 0 Å². The summed E-state index contributed by atoms with van der Waals surface area (Å²) in [5.74, 6) is 1.05. The van der Waals surface area contributed by atoms with Crippen molar-refractivity contribution in [3.63, 3.8) is 0 Å². The topological polar surface area (TPSA) is 45.5 Å². The largest absolute Gasteiger partial charge is 0.367 e. The van der Waals surface area contributed by atoms with Crippen molar-refractivity contribution in [2.24, 2.45) is 0 Å². The molecule has 0 saturated carbocycles. The highest BCUT2D eigenvalue weighted by atomic mass is 15.3. The van der Waals surface area contributed by atoms with Crippen molar-refractivity contribution in [3.05, 3.63) is 24.0 Å². The fraction of sp³-hybridized carbons (Fsp3) is 0.571. The molecule has 102 valence electrons. The van der Waals surface area contributed by atoms with Crippen molar-refractivity contribution in [2.45, 2.75) is 38.8 Å². The maximum Gasteiger partial charge on any atom is 0.157 e. The van der Waals surface area contributed by atoms with E-state index >= 15 is 0 Å². The molecule has 5 nitrogen and oxygen atoms in total. The van der Waals surface area contributed by atoms with E-state index in [2.05, 4.69) is 53.3 Å². The van der Waals surface area contributed by atoms with Gasteiger partial charge in [0.1, 0.15) is 12.1 Å². The standard InChI is InChI=1S/C14H21N5/c1-10-6-13-15-9-16-19(13)14(7-10)17-12-4-5-18(3)11(2)8-12/h6-7,9,11-12,17H,4-5,8H2,1-3H3. The van der Waals surface area contributed by atoms with Crippen LogP contribution < -0.4 is 5.32 Å². The molecule has 1 N–H and O–H groups in total. The molecule has 3 rings (SSSR count). The Bertz CT molecular complexity index is 576. The van der Waals surface area contributed by atoms with Gasteiger partial charge in [0.05, 0.1) is 0 Å². The molecular weight excluding hydrogens is 238 g/mol. The molecule has 19 heavy (non-hydrogen) atoms. The summed E-state index contributed by atoms with van der Waals surface area (Å²) in [7, 11) is 2.20. The highest BCUT2D eigenvalue weighted by molar-refractivity contribution is 5.51. The van der Waals surface area contributed by atoms with Crippen LogP contribution in [0.4, 0.5) is 5.82 Å². The number of hydrogen-bond donors (Lipinski definition) is 1. The van der Waals surface area contributed by atoms with Gasteiger partial charge < -0.3 is 10.2 Å². The monoisotopic (exact) mass is 259 g/mol. The molecule has 2 atom stereocenters. The summed E-state index contributed by atoms with van der Waals surface area (Å²) in [5, 5.41) is 7.93. The van der Waals surface area contributed by atoms with Gasteiger partial charge in [-0.05, 0) is 51.4 Å². The summed E-state index contributed by atoms with van der Waals surface area (Å²) in [6, 6.07) is 5.34. The Morgan fingerprint density at radius 3 is 3.00 bits per heavy atom. The number of hydrogen-bond acceptors (Lipinski definition) is 4. The smallest absolute Gasteiger partial charge is 0.157 e. The second-order valence-electron chi connectivity index (χ2n) is 5.64. The molecular formula is C14H21N5. The van der Waals surface area contributed by atoms with Crippen molar-refractivity contribution < 1.29 is 0 Å². The third-order valence-corrected chi connectivity index (χ3v) is 4.08. The third kappa shape index (κ3) is 2.42. The molecule has 0 bridgehead atoms. The lowest BCUT2D eigenvalue weighted by Gasteiger charge is -2.35. The number of aromatic nitrogens is 3. The summed E-state index contributed by atoms with van der Waals surface area (Å²) in [4.78, 5) is 6.68. The van der Waals surface area contributed by atoms with E-state index in [1.807, 2.05) is 4.52 Å². The Labute approximate surface area is 113 Å². The Morgan fingerprint density at radius 1 is 1.37 bits per heavy atom. The second kappa shape index (κ2) is 4.81. The van der Waals surface area contributed by atoms with Gasteiger partial charge in [-0.3, -0.25) is 0 Å². The minimum Gasteiger partial charge on any atom is -0.367 e. The predicted octanol–water partition coefficient (Wildman–Crippen LogP) is 1.93. The van der Waals surface area contributed by atoms with Gasteiger partial charge in [-0.15, -0.1) is 0 Å². The van der Waals surface area contributed by atoms with Gasteiger partial charge >= 0.3 is 0 Å². The van der Waals surface area contributed by atoms with Crippen LogP contribution in [0.1, 0.15) is 25.3 Å². The minimum atomic E-state index is 0.514. The van der Waals surface area contributed by atoms with Gasteiger partial charge in [-0.25, -0.2) is 4.98 Å². The van der Waals surface area contributed by atoms with Crippen LogP contribution in [0.15, 0.2) is 18.5 Å². The van der Waals surface area contributed by atoms with Crippen LogP contribution in [0.25, 0.3) is 5.65 Å². The molecule has 0 aliphatic carbocycles. The van der Waals surface area contributed by atoms with E-state index < -0.39 is 0 Å². The van der Waals surface area contributed by atoms with Gasteiger partial charge in [-0.1, -0.05) is 0 Å². The number of aryl methyl sites for hydroxylation is 1. The summed E-state index contributed by atoms with van der Waals surface area (Å²) in [5.41, 5.74) is 2.12. The molecule has 2 aromatic heterocycles. The predicted molar refractivity (Wildman–Crippen MR) is 76.5 cm³/mol. The van der Waals surface area contributed by atoms with E-state index in [9.17, 15) is 0 Å². The molecule has 0 aromatic carbocycles. The molecule has 3 heterocycles. The zero-order valence-electron chi connectivity index (χ0n) is 11.8. The number of nitrogens with zero attached hydrogens (tertiary/aromatic N) is 4.